The van der Waals surface area contributed by atoms with Crippen LogP contribution in [-0.2, 0) is 0 Å². The normalized spacial score (nSPS) is 14.9. The van der Waals surface area contributed by atoms with E-state index in [4.69, 9.17) is 0 Å². The van der Waals surface area contributed by atoms with E-state index in [1.54, 1.807) is 0 Å². The molecule has 1 aromatic rings. The highest BCUT2D eigenvalue weighted by Gasteiger charge is 2.00. The number of rotatable bonds is 0. The Balaban J connectivity index is 2.45. The summed E-state index contributed by atoms with van der Waals surface area (Å²) in [6.07, 6.45) is 2.97. The largest absolute Gasteiger partial charge is 0.383 e. The molecule has 0 aromatic heterocycles. The Kier molecular flexibility index (Phi) is 1.60. The Morgan fingerprint density at radius 2 is 2.18 bits per heavy atom. The third kappa shape index (κ3) is 1.24. The maximum absolute atomic E-state index is 4.30. The minimum absolute atomic E-state index is 0.987. The molecule has 1 aromatic carbocycles. The maximum atomic E-state index is 4.30. The van der Waals surface area contributed by atoms with Gasteiger partial charge in [-0.1, -0.05) is 12.1 Å². The molecule has 56 valence electrons. The van der Waals surface area contributed by atoms with Crippen LogP contribution in [0.5, 0.6) is 0 Å². The van der Waals surface area contributed by atoms with E-state index in [2.05, 4.69) is 16.4 Å². The third-order valence-electron chi connectivity index (χ3n) is 1.72. The molecule has 0 fully saturated rings. The van der Waals surface area contributed by atoms with Gasteiger partial charge in [0.15, 0.2) is 0 Å². The van der Waals surface area contributed by atoms with Crippen LogP contribution in [0.1, 0.15) is 6.42 Å². The molecule has 1 aliphatic heterocycles. The monoisotopic (exact) mass is 146 g/mol. The van der Waals surface area contributed by atoms with Gasteiger partial charge in [0.1, 0.15) is 0 Å². The Morgan fingerprint density at radius 3 is 3.18 bits per heavy atom. The number of anilines is 1. The van der Waals surface area contributed by atoms with E-state index in [-0.39, 0.29) is 0 Å². The molecule has 0 bridgehead atoms. The standard InChI is InChI=1S/C9H10N2/c1-2-5-9-8(4-1)10-6-3-7-11-9/h1-2,4-6,11H,3,7H2. The average Bonchev–Trinajstić information content (AvgIpc) is 2.28. The first-order valence-electron chi connectivity index (χ1n) is 3.82. The van der Waals surface area contributed by atoms with Crippen molar-refractivity contribution in [3.8, 4) is 0 Å². The summed E-state index contributed by atoms with van der Waals surface area (Å²) >= 11 is 0. The van der Waals surface area contributed by atoms with Crippen LogP contribution in [0.2, 0.25) is 0 Å². The van der Waals surface area contributed by atoms with Crippen molar-refractivity contribution in [2.24, 2.45) is 4.99 Å². The van der Waals surface area contributed by atoms with Gasteiger partial charge >= 0.3 is 0 Å². The first-order chi connectivity index (χ1) is 5.47. The average molecular weight is 146 g/mol. The molecule has 0 unspecified atom stereocenters. The van der Waals surface area contributed by atoms with Crippen LogP contribution in [0, 0.1) is 0 Å². The number of hydrogen-bond acceptors (Lipinski definition) is 2. The molecule has 0 saturated carbocycles. The molecule has 1 heterocycles. The second-order valence-electron chi connectivity index (χ2n) is 2.54. The number of hydrogen-bond donors (Lipinski definition) is 1. The number of fused-ring (bicyclic) bond motifs is 1. The quantitative estimate of drug-likeness (QED) is 0.596. The summed E-state index contributed by atoms with van der Waals surface area (Å²) in [4.78, 5) is 4.30. The molecule has 0 saturated heterocycles. The van der Waals surface area contributed by atoms with Gasteiger partial charge < -0.3 is 5.32 Å². The van der Waals surface area contributed by atoms with E-state index in [0.717, 1.165) is 24.3 Å². The van der Waals surface area contributed by atoms with E-state index in [0.29, 0.717) is 0 Å². The second kappa shape index (κ2) is 2.74. The van der Waals surface area contributed by atoms with E-state index < -0.39 is 0 Å². The van der Waals surface area contributed by atoms with Crippen LogP contribution in [0.15, 0.2) is 29.3 Å². The van der Waals surface area contributed by atoms with Gasteiger partial charge in [-0.3, -0.25) is 4.99 Å². The highest BCUT2D eigenvalue weighted by Crippen LogP contribution is 2.24. The zero-order valence-corrected chi connectivity index (χ0v) is 6.25. The van der Waals surface area contributed by atoms with Gasteiger partial charge in [0.05, 0.1) is 11.4 Å². The summed E-state index contributed by atoms with van der Waals surface area (Å²) in [5.41, 5.74) is 2.19. The lowest BCUT2D eigenvalue weighted by Gasteiger charge is -2.03. The van der Waals surface area contributed by atoms with E-state index in [9.17, 15) is 0 Å². The first kappa shape index (κ1) is 6.40. The smallest absolute Gasteiger partial charge is 0.0857 e. The van der Waals surface area contributed by atoms with Crippen molar-refractivity contribution < 1.29 is 0 Å². The van der Waals surface area contributed by atoms with Crippen molar-refractivity contribution in [3.05, 3.63) is 24.3 Å². The summed E-state index contributed by atoms with van der Waals surface area (Å²) in [6, 6.07) is 8.10. The lowest BCUT2D eigenvalue weighted by Crippen LogP contribution is -1.98. The molecular formula is C9H10N2. The zero-order chi connectivity index (χ0) is 7.52. The molecule has 11 heavy (non-hydrogen) atoms. The minimum Gasteiger partial charge on any atom is -0.383 e. The van der Waals surface area contributed by atoms with Crippen molar-refractivity contribution in [1.82, 2.24) is 0 Å². The van der Waals surface area contributed by atoms with Crippen molar-refractivity contribution in [2.75, 3.05) is 11.9 Å². The molecule has 0 amide bonds. The fraction of sp³-hybridized carbons (Fsp3) is 0.222. The van der Waals surface area contributed by atoms with Gasteiger partial charge in [0, 0.05) is 19.2 Å². The first-order valence-corrected chi connectivity index (χ1v) is 3.82. The molecule has 0 spiro atoms. The highest BCUT2D eigenvalue weighted by molar-refractivity contribution is 5.74. The van der Waals surface area contributed by atoms with Gasteiger partial charge in [-0.05, 0) is 12.1 Å². The molecule has 2 nitrogen and oxygen atoms in total. The minimum atomic E-state index is 0.987. The Labute approximate surface area is 66.0 Å². The molecule has 1 N–H and O–H groups in total. The number of nitrogens with zero attached hydrogens (tertiary/aromatic N) is 1. The van der Waals surface area contributed by atoms with Crippen LogP contribution >= 0.6 is 0 Å². The van der Waals surface area contributed by atoms with Crippen LogP contribution in [0.25, 0.3) is 0 Å². The van der Waals surface area contributed by atoms with Gasteiger partial charge in [-0.25, -0.2) is 0 Å². The lowest BCUT2D eigenvalue weighted by atomic mass is 10.3. The Bertz CT molecular complexity index is 279. The predicted molar refractivity (Wildman–Crippen MR) is 47.7 cm³/mol. The van der Waals surface area contributed by atoms with Gasteiger partial charge in [0.2, 0.25) is 0 Å². The van der Waals surface area contributed by atoms with Crippen molar-refractivity contribution in [3.63, 3.8) is 0 Å². The number of benzene rings is 1. The Hall–Kier alpha value is -1.31. The number of nitrogens with one attached hydrogen (secondary N) is 1. The topological polar surface area (TPSA) is 24.4 Å². The number of para-hydroxylation sites is 2. The molecule has 0 atom stereocenters. The fourth-order valence-corrected chi connectivity index (χ4v) is 1.17. The highest BCUT2D eigenvalue weighted by atomic mass is 14.9. The van der Waals surface area contributed by atoms with Crippen molar-refractivity contribution >= 4 is 17.6 Å². The second-order valence-corrected chi connectivity index (χ2v) is 2.54. The summed E-state index contributed by atoms with van der Waals surface area (Å²) in [5, 5.41) is 3.30. The van der Waals surface area contributed by atoms with Crippen LogP contribution in [0.4, 0.5) is 11.4 Å². The summed E-state index contributed by atoms with van der Waals surface area (Å²) in [6.45, 7) is 0.987. The number of aliphatic imine (C=N–C) groups is 1. The van der Waals surface area contributed by atoms with Gasteiger partial charge in [0.25, 0.3) is 0 Å². The van der Waals surface area contributed by atoms with Crippen molar-refractivity contribution in [2.45, 2.75) is 6.42 Å². The molecule has 0 radical (unpaired) electrons. The molecule has 0 aliphatic carbocycles. The van der Waals surface area contributed by atoms with Crippen LogP contribution < -0.4 is 5.32 Å². The van der Waals surface area contributed by atoms with Crippen LogP contribution in [0.3, 0.4) is 0 Å². The van der Waals surface area contributed by atoms with Gasteiger partial charge in [-0.2, -0.15) is 0 Å². The third-order valence-corrected chi connectivity index (χ3v) is 1.72. The fourth-order valence-electron chi connectivity index (χ4n) is 1.17. The summed E-state index contributed by atoms with van der Waals surface area (Å²) in [7, 11) is 0. The summed E-state index contributed by atoms with van der Waals surface area (Å²) in [5.74, 6) is 0. The molecule has 2 rings (SSSR count). The van der Waals surface area contributed by atoms with Crippen LogP contribution in [-0.4, -0.2) is 12.8 Å². The SMILES string of the molecule is C1=Nc2ccccc2NCC1. The van der Waals surface area contributed by atoms with Crippen molar-refractivity contribution in [1.29, 1.82) is 0 Å². The zero-order valence-electron chi connectivity index (χ0n) is 6.25. The van der Waals surface area contributed by atoms with E-state index in [1.165, 1.54) is 0 Å². The summed E-state index contributed by atoms with van der Waals surface area (Å²) < 4.78 is 0. The lowest BCUT2D eigenvalue weighted by molar-refractivity contribution is 1.14. The Morgan fingerprint density at radius 1 is 1.27 bits per heavy atom. The molecule has 1 aliphatic rings. The molecule has 2 heteroatoms. The molecular weight excluding hydrogens is 136 g/mol. The van der Waals surface area contributed by atoms with E-state index in [1.807, 2.05) is 24.4 Å². The van der Waals surface area contributed by atoms with E-state index >= 15 is 0 Å². The van der Waals surface area contributed by atoms with Gasteiger partial charge in [-0.15, -0.1) is 0 Å². The maximum Gasteiger partial charge on any atom is 0.0857 e. The predicted octanol–water partition coefficient (Wildman–Crippen LogP) is 2.20.